The van der Waals surface area contributed by atoms with Crippen molar-refractivity contribution in [1.82, 2.24) is 9.88 Å². The van der Waals surface area contributed by atoms with Crippen molar-refractivity contribution in [3.05, 3.63) is 77.0 Å². The summed E-state index contributed by atoms with van der Waals surface area (Å²) in [6.07, 6.45) is 2.25. The molecule has 7 heteroatoms. The van der Waals surface area contributed by atoms with Gasteiger partial charge in [-0.15, -0.1) is 0 Å². The molecule has 0 saturated heterocycles. The van der Waals surface area contributed by atoms with Gasteiger partial charge in [0.05, 0.1) is 12.2 Å². The van der Waals surface area contributed by atoms with E-state index in [-0.39, 0.29) is 18.4 Å². The Morgan fingerprint density at radius 1 is 1.13 bits per heavy atom. The second-order valence-corrected chi connectivity index (χ2v) is 7.49. The number of anilines is 1. The summed E-state index contributed by atoms with van der Waals surface area (Å²) in [7, 11) is 0. The van der Waals surface area contributed by atoms with E-state index in [0.29, 0.717) is 36.5 Å². The van der Waals surface area contributed by atoms with Crippen LogP contribution >= 0.6 is 0 Å². The molecule has 30 heavy (non-hydrogen) atoms. The number of oxazole rings is 1. The number of ether oxygens (including phenoxy) is 1. The summed E-state index contributed by atoms with van der Waals surface area (Å²) in [5, 5.41) is 2.73. The lowest BCUT2D eigenvalue weighted by Crippen LogP contribution is -2.36. The monoisotopic (exact) mass is 403 g/mol. The molecule has 0 atom stereocenters. The first kappa shape index (κ1) is 18.4. The number of carbonyl (C=O) groups is 2. The molecule has 0 fully saturated rings. The summed E-state index contributed by atoms with van der Waals surface area (Å²) in [6, 6.07) is 15.3. The fourth-order valence-corrected chi connectivity index (χ4v) is 3.82. The largest absolute Gasteiger partial charge is 0.482 e. The lowest BCUT2D eigenvalue weighted by molar-refractivity contribution is -0.118. The SMILES string of the molecule is O=C1COc2cc(C(=O)N3CCc4oc(CCc5ccccc5)nc4C3)ccc2N1. The van der Waals surface area contributed by atoms with E-state index >= 15 is 0 Å². The number of hydrogen-bond donors (Lipinski definition) is 1. The fraction of sp³-hybridized carbons (Fsp3) is 0.261. The maximum Gasteiger partial charge on any atom is 0.262 e. The normalized spacial score (nSPS) is 15.1. The highest BCUT2D eigenvalue weighted by atomic mass is 16.5. The van der Waals surface area contributed by atoms with Crippen LogP contribution in [0.25, 0.3) is 0 Å². The third kappa shape index (κ3) is 3.66. The van der Waals surface area contributed by atoms with Gasteiger partial charge in [0.15, 0.2) is 12.5 Å². The molecule has 2 aromatic carbocycles. The van der Waals surface area contributed by atoms with Gasteiger partial charge in [-0.25, -0.2) is 4.98 Å². The molecule has 1 N–H and O–H groups in total. The molecule has 3 heterocycles. The number of aryl methyl sites for hydroxylation is 2. The topological polar surface area (TPSA) is 84.7 Å². The van der Waals surface area contributed by atoms with Crippen molar-refractivity contribution >= 4 is 17.5 Å². The summed E-state index contributed by atoms with van der Waals surface area (Å²) >= 11 is 0. The van der Waals surface area contributed by atoms with Gasteiger partial charge in [0.1, 0.15) is 17.2 Å². The highest BCUT2D eigenvalue weighted by Gasteiger charge is 2.27. The van der Waals surface area contributed by atoms with Crippen LogP contribution in [0.4, 0.5) is 5.69 Å². The minimum absolute atomic E-state index is 0.0393. The van der Waals surface area contributed by atoms with E-state index in [4.69, 9.17) is 9.15 Å². The third-order valence-corrected chi connectivity index (χ3v) is 5.39. The molecule has 0 spiro atoms. The van der Waals surface area contributed by atoms with Gasteiger partial charge in [-0.05, 0) is 30.2 Å². The summed E-state index contributed by atoms with van der Waals surface area (Å²) in [4.78, 5) is 30.8. The average molecular weight is 403 g/mol. The van der Waals surface area contributed by atoms with E-state index in [2.05, 4.69) is 22.4 Å². The Morgan fingerprint density at radius 3 is 2.87 bits per heavy atom. The van der Waals surface area contributed by atoms with Crippen molar-refractivity contribution < 1.29 is 18.7 Å². The van der Waals surface area contributed by atoms with Gasteiger partial charge in [0, 0.05) is 24.9 Å². The number of nitrogens with one attached hydrogen (secondary N) is 1. The zero-order valence-corrected chi connectivity index (χ0v) is 16.4. The van der Waals surface area contributed by atoms with Crippen LogP contribution in [-0.4, -0.2) is 34.8 Å². The number of hydrogen-bond acceptors (Lipinski definition) is 5. The van der Waals surface area contributed by atoms with Gasteiger partial charge in [-0.2, -0.15) is 0 Å². The van der Waals surface area contributed by atoms with Crippen molar-refractivity contribution in [2.45, 2.75) is 25.8 Å². The molecular weight excluding hydrogens is 382 g/mol. The van der Waals surface area contributed by atoms with E-state index in [0.717, 1.165) is 30.2 Å². The smallest absolute Gasteiger partial charge is 0.262 e. The molecule has 0 unspecified atom stereocenters. The highest BCUT2D eigenvalue weighted by molar-refractivity contribution is 5.99. The third-order valence-electron chi connectivity index (χ3n) is 5.39. The van der Waals surface area contributed by atoms with Crippen LogP contribution < -0.4 is 10.1 Å². The zero-order chi connectivity index (χ0) is 20.5. The Bertz CT molecular complexity index is 1110. The second-order valence-electron chi connectivity index (χ2n) is 7.49. The predicted molar refractivity (Wildman–Crippen MR) is 109 cm³/mol. The van der Waals surface area contributed by atoms with E-state index in [1.54, 1.807) is 23.1 Å². The Balaban J connectivity index is 1.27. The van der Waals surface area contributed by atoms with E-state index in [1.165, 1.54) is 5.56 Å². The first-order valence-corrected chi connectivity index (χ1v) is 10.0. The number of rotatable bonds is 4. The standard InChI is InChI=1S/C23H21N3O4/c27-21-14-29-20-12-16(7-8-17(20)24-21)23(28)26-11-10-19-18(13-26)25-22(30-19)9-6-15-4-2-1-3-5-15/h1-5,7-8,12H,6,9-11,13-14H2,(H,24,27). The molecule has 7 nitrogen and oxygen atoms in total. The number of benzene rings is 2. The lowest BCUT2D eigenvalue weighted by atomic mass is 10.1. The van der Waals surface area contributed by atoms with Crippen LogP contribution in [0, 0.1) is 0 Å². The predicted octanol–water partition coefficient (Wildman–Crippen LogP) is 2.99. The summed E-state index contributed by atoms with van der Waals surface area (Å²) < 4.78 is 11.4. The molecule has 2 amide bonds. The summed E-state index contributed by atoms with van der Waals surface area (Å²) in [5.74, 6) is 1.83. The molecule has 152 valence electrons. The number of aromatic nitrogens is 1. The number of fused-ring (bicyclic) bond motifs is 2. The van der Waals surface area contributed by atoms with Gasteiger partial charge in [-0.3, -0.25) is 9.59 Å². The molecule has 0 aliphatic carbocycles. The lowest BCUT2D eigenvalue weighted by Gasteiger charge is -2.26. The van der Waals surface area contributed by atoms with E-state index in [9.17, 15) is 9.59 Å². The number of amides is 2. The quantitative estimate of drug-likeness (QED) is 0.724. The van der Waals surface area contributed by atoms with Gasteiger partial charge < -0.3 is 19.4 Å². The Labute approximate surface area is 173 Å². The average Bonchev–Trinajstić information content (AvgIpc) is 3.19. The summed E-state index contributed by atoms with van der Waals surface area (Å²) in [5.41, 5.74) is 3.19. The Kier molecular flexibility index (Phi) is 4.71. The molecule has 2 aliphatic heterocycles. The Hall–Kier alpha value is -3.61. The van der Waals surface area contributed by atoms with Crippen LogP contribution in [0.3, 0.4) is 0 Å². The van der Waals surface area contributed by atoms with Crippen molar-refractivity contribution in [3.8, 4) is 5.75 Å². The fourth-order valence-electron chi connectivity index (χ4n) is 3.82. The molecule has 0 radical (unpaired) electrons. The first-order valence-electron chi connectivity index (χ1n) is 10.0. The van der Waals surface area contributed by atoms with Crippen LogP contribution in [-0.2, 0) is 30.6 Å². The molecule has 5 rings (SSSR count). The van der Waals surface area contributed by atoms with Crippen molar-refractivity contribution in [1.29, 1.82) is 0 Å². The minimum atomic E-state index is -0.195. The van der Waals surface area contributed by atoms with Crippen LogP contribution in [0.1, 0.15) is 33.3 Å². The zero-order valence-electron chi connectivity index (χ0n) is 16.4. The van der Waals surface area contributed by atoms with Crippen molar-refractivity contribution in [2.24, 2.45) is 0 Å². The molecule has 1 aromatic heterocycles. The van der Waals surface area contributed by atoms with Crippen LogP contribution in [0.15, 0.2) is 52.9 Å². The maximum absolute atomic E-state index is 13.0. The maximum atomic E-state index is 13.0. The van der Waals surface area contributed by atoms with Gasteiger partial charge >= 0.3 is 0 Å². The highest BCUT2D eigenvalue weighted by Crippen LogP contribution is 2.30. The summed E-state index contributed by atoms with van der Waals surface area (Å²) in [6.45, 7) is 0.966. The number of nitrogens with zero attached hydrogens (tertiary/aromatic N) is 2. The molecule has 0 saturated carbocycles. The van der Waals surface area contributed by atoms with Gasteiger partial charge in [-0.1, -0.05) is 30.3 Å². The molecule has 0 bridgehead atoms. The van der Waals surface area contributed by atoms with Crippen molar-refractivity contribution in [3.63, 3.8) is 0 Å². The number of carbonyl (C=O) groups excluding carboxylic acids is 2. The van der Waals surface area contributed by atoms with Crippen LogP contribution in [0.5, 0.6) is 5.75 Å². The van der Waals surface area contributed by atoms with Crippen LogP contribution in [0.2, 0.25) is 0 Å². The van der Waals surface area contributed by atoms with E-state index < -0.39 is 0 Å². The second kappa shape index (κ2) is 7.67. The Morgan fingerprint density at radius 2 is 2.00 bits per heavy atom. The molecular formula is C23H21N3O4. The van der Waals surface area contributed by atoms with Gasteiger partial charge in [0.2, 0.25) is 0 Å². The molecule has 3 aromatic rings. The van der Waals surface area contributed by atoms with Gasteiger partial charge in [0.25, 0.3) is 11.8 Å². The van der Waals surface area contributed by atoms with Crippen molar-refractivity contribution in [2.75, 3.05) is 18.5 Å². The first-order chi connectivity index (χ1) is 14.7. The van der Waals surface area contributed by atoms with E-state index in [1.807, 2.05) is 18.2 Å². The minimum Gasteiger partial charge on any atom is -0.482 e. The molecule has 2 aliphatic rings.